The fourth-order valence-electron chi connectivity index (χ4n) is 1.90. The lowest BCUT2D eigenvalue weighted by Crippen LogP contribution is -2.15. The lowest BCUT2D eigenvalue weighted by Gasteiger charge is -2.21. The van der Waals surface area contributed by atoms with Crippen LogP contribution in [0.15, 0.2) is 54.6 Å². The Morgan fingerprint density at radius 2 is 1.27 bits per heavy atom. The Hall–Kier alpha value is -1.52. The van der Waals surface area contributed by atoms with Gasteiger partial charge < -0.3 is 0 Å². The van der Waals surface area contributed by atoms with Gasteiger partial charge >= 0.3 is 0 Å². The summed E-state index contributed by atoms with van der Waals surface area (Å²) in [4.78, 5) is 21.7. The topological polar surface area (TPSA) is 34.1 Å². The second-order valence-electron chi connectivity index (χ2n) is 5.77. The summed E-state index contributed by atoms with van der Waals surface area (Å²) < 4.78 is 0. The monoisotopic (exact) mass is 332 g/mol. The second kappa shape index (κ2) is 8.20. The van der Waals surface area contributed by atoms with E-state index in [4.69, 9.17) is 0 Å². The molecule has 116 valence electrons. The molecule has 0 radical (unpaired) electrons. The Bertz CT molecular complexity index is 644. The highest BCUT2D eigenvalue weighted by Crippen LogP contribution is 2.26. The van der Waals surface area contributed by atoms with Gasteiger partial charge in [0.2, 0.25) is 10.2 Å². The normalized spacial score (nSPS) is 10.4. The van der Waals surface area contributed by atoms with E-state index in [9.17, 15) is 9.59 Å². The molecule has 4 heteroatoms. The quantitative estimate of drug-likeness (QED) is 0.774. The Kier molecular flexibility index (Phi) is 6.91. The van der Waals surface area contributed by atoms with Crippen molar-refractivity contribution in [2.75, 3.05) is 0 Å². The molecule has 0 saturated carbocycles. The smallest absolute Gasteiger partial charge is 0.216 e. The third kappa shape index (κ3) is 5.70. The lowest BCUT2D eigenvalue weighted by molar-refractivity contribution is 0.108. The van der Waals surface area contributed by atoms with Gasteiger partial charge in [0.25, 0.3) is 0 Å². The number of carbonyl (C=O) groups is 2. The van der Waals surface area contributed by atoms with Crippen molar-refractivity contribution in [3.8, 4) is 0 Å². The molecule has 2 nitrogen and oxygen atoms in total. The van der Waals surface area contributed by atoms with Crippen LogP contribution in [-0.2, 0) is 5.41 Å². The van der Waals surface area contributed by atoms with E-state index < -0.39 is 0 Å². The number of hydrogen-bond acceptors (Lipinski definition) is 2. The highest BCUT2D eigenvalue weighted by molar-refractivity contribution is 7.97. The molecule has 0 saturated heterocycles. The third-order valence-electron chi connectivity index (χ3n) is 2.99. The Morgan fingerprint density at radius 3 is 1.64 bits per heavy atom. The SMILES string of the molecule is CC(C)(C)c1ccccc1C(=O)S.O=C(S)c1ccccc1. The summed E-state index contributed by atoms with van der Waals surface area (Å²) in [7, 11) is 0. The van der Waals surface area contributed by atoms with Crippen LogP contribution in [0.2, 0.25) is 0 Å². The number of benzene rings is 2. The van der Waals surface area contributed by atoms with Crippen molar-refractivity contribution in [1.29, 1.82) is 0 Å². The summed E-state index contributed by atoms with van der Waals surface area (Å²) in [6.07, 6.45) is 0. The van der Waals surface area contributed by atoms with Gasteiger partial charge in [0, 0.05) is 11.1 Å². The second-order valence-corrected chi connectivity index (χ2v) is 6.58. The first kappa shape index (κ1) is 18.5. The molecule has 0 spiro atoms. The van der Waals surface area contributed by atoms with Gasteiger partial charge in [0.1, 0.15) is 0 Å². The summed E-state index contributed by atoms with van der Waals surface area (Å²) in [5.41, 5.74) is 2.39. The minimum Gasteiger partial charge on any atom is -0.282 e. The molecule has 2 aromatic carbocycles. The standard InChI is InChI=1S/C11H14OS.C7H6OS/c1-11(2,3)9-7-5-4-6-8(9)10(12)13;8-7(9)6-4-2-1-3-5-6/h4-7H,1-3H3,(H,12,13);1-5H,(H,8,9). The van der Waals surface area contributed by atoms with Gasteiger partial charge in [0.05, 0.1) is 0 Å². The molecule has 0 amide bonds. The van der Waals surface area contributed by atoms with Gasteiger partial charge in [-0.05, 0) is 11.0 Å². The van der Waals surface area contributed by atoms with Crippen molar-refractivity contribution in [2.24, 2.45) is 0 Å². The van der Waals surface area contributed by atoms with Crippen LogP contribution < -0.4 is 0 Å². The van der Waals surface area contributed by atoms with Crippen LogP contribution in [0.1, 0.15) is 47.1 Å². The summed E-state index contributed by atoms with van der Waals surface area (Å²) in [5, 5.41) is -0.346. The van der Waals surface area contributed by atoms with E-state index in [1.807, 2.05) is 42.5 Å². The van der Waals surface area contributed by atoms with E-state index in [0.717, 1.165) is 5.56 Å². The summed E-state index contributed by atoms with van der Waals surface area (Å²) in [6.45, 7) is 6.26. The van der Waals surface area contributed by atoms with E-state index in [2.05, 4.69) is 46.0 Å². The zero-order valence-electron chi connectivity index (χ0n) is 12.9. The van der Waals surface area contributed by atoms with E-state index in [1.165, 1.54) is 0 Å². The third-order valence-corrected chi connectivity index (χ3v) is 3.49. The van der Waals surface area contributed by atoms with Crippen LogP contribution in [0.3, 0.4) is 0 Å². The van der Waals surface area contributed by atoms with Crippen LogP contribution in [0, 0.1) is 0 Å². The highest BCUT2D eigenvalue weighted by atomic mass is 32.1. The van der Waals surface area contributed by atoms with E-state index >= 15 is 0 Å². The average molecular weight is 332 g/mol. The predicted octanol–water partition coefficient (Wildman–Crippen LogP) is 4.81. The Balaban J connectivity index is 0.000000235. The highest BCUT2D eigenvalue weighted by Gasteiger charge is 2.19. The molecule has 0 unspecified atom stereocenters. The van der Waals surface area contributed by atoms with Crippen LogP contribution >= 0.6 is 25.3 Å². The van der Waals surface area contributed by atoms with Gasteiger partial charge in [-0.25, -0.2) is 0 Å². The van der Waals surface area contributed by atoms with Crippen molar-refractivity contribution in [3.63, 3.8) is 0 Å². The summed E-state index contributed by atoms with van der Waals surface area (Å²) in [5.74, 6) is 0. The Morgan fingerprint density at radius 1 is 0.773 bits per heavy atom. The largest absolute Gasteiger partial charge is 0.282 e. The molecular weight excluding hydrogens is 312 g/mol. The molecule has 2 rings (SSSR count). The zero-order valence-corrected chi connectivity index (χ0v) is 14.7. The lowest BCUT2D eigenvalue weighted by atomic mass is 9.84. The van der Waals surface area contributed by atoms with Crippen molar-refractivity contribution >= 4 is 35.5 Å². The molecular formula is C18H20O2S2. The maximum Gasteiger partial charge on any atom is 0.216 e. The predicted molar refractivity (Wildman–Crippen MR) is 98.2 cm³/mol. The maximum atomic E-state index is 11.2. The molecule has 22 heavy (non-hydrogen) atoms. The minimum absolute atomic E-state index is 0.00498. The average Bonchev–Trinajstić information content (AvgIpc) is 2.48. The van der Waals surface area contributed by atoms with Gasteiger partial charge in [-0.3, -0.25) is 9.59 Å². The van der Waals surface area contributed by atoms with Crippen molar-refractivity contribution in [1.82, 2.24) is 0 Å². The van der Waals surface area contributed by atoms with Gasteiger partial charge in [-0.2, -0.15) is 0 Å². The van der Waals surface area contributed by atoms with Crippen LogP contribution in [-0.4, -0.2) is 10.2 Å². The van der Waals surface area contributed by atoms with Gasteiger partial charge in [-0.1, -0.05) is 75.4 Å². The summed E-state index contributed by atoms with van der Waals surface area (Å²) in [6, 6.07) is 16.5. The Labute approximate surface area is 142 Å². The number of hydrogen-bond donors (Lipinski definition) is 2. The maximum absolute atomic E-state index is 11.2. The van der Waals surface area contributed by atoms with E-state index in [1.54, 1.807) is 12.1 Å². The molecule has 0 fully saturated rings. The molecule has 2 aromatic rings. The fourth-order valence-corrected chi connectivity index (χ4v) is 2.25. The van der Waals surface area contributed by atoms with Crippen LogP contribution in [0.25, 0.3) is 0 Å². The number of thiol groups is 2. The molecule has 0 aliphatic carbocycles. The number of carbonyl (C=O) groups excluding carboxylic acids is 2. The molecule has 0 N–H and O–H groups in total. The summed E-state index contributed by atoms with van der Waals surface area (Å²) >= 11 is 7.50. The van der Waals surface area contributed by atoms with E-state index in [0.29, 0.717) is 11.1 Å². The molecule has 0 bridgehead atoms. The molecule has 0 aliphatic rings. The minimum atomic E-state index is -0.185. The van der Waals surface area contributed by atoms with Crippen molar-refractivity contribution in [2.45, 2.75) is 26.2 Å². The molecule has 0 aromatic heterocycles. The molecule has 0 aliphatic heterocycles. The van der Waals surface area contributed by atoms with Gasteiger partial charge in [-0.15, -0.1) is 25.3 Å². The van der Waals surface area contributed by atoms with E-state index in [-0.39, 0.29) is 15.6 Å². The van der Waals surface area contributed by atoms with Crippen molar-refractivity contribution in [3.05, 3.63) is 71.3 Å². The molecule has 0 atom stereocenters. The zero-order chi connectivity index (χ0) is 16.8. The number of rotatable bonds is 2. The van der Waals surface area contributed by atoms with Gasteiger partial charge in [0.15, 0.2) is 0 Å². The fraction of sp³-hybridized carbons (Fsp3) is 0.222. The first-order valence-corrected chi connectivity index (χ1v) is 7.74. The van der Waals surface area contributed by atoms with Crippen molar-refractivity contribution < 1.29 is 9.59 Å². The van der Waals surface area contributed by atoms with Crippen LogP contribution in [0.5, 0.6) is 0 Å². The first-order valence-electron chi connectivity index (χ1n) is 6.84. The molecule has 0 heterocycles. The first-order chi connectivity index (χ1) is 10.2. The van der Waals surface area contributed by atoms with Crippen LogP contribution in [0.4, 0.5) is 0 Å².